The number of carbonyl (C=O) groups excluding carboxylic acids is 1. The summed E-state index contributed by atoms with van der Waals surface area (Å²) in [5.74, 6) is 2.27. The Kier molecular flexibility index (Phi) is 8.84. The average molecular weight is 481 g/mol. The predicted molar refractivity (Wildman–Crippen MR) is 148 cm³/mol. The number of rotatable bonds is 9. The molecular formula is C30H49BN2O2. The number of amides is 1. The maximum atomic E-state index is 12.6. The zero-order chi connectivity index (χ0) is 26.0. The van der Waals surface area contributed by atoms with Crippen molar-refractivity contribution in [3.05, 3.63) is 47.2 Å². The van der Waals surface area contributed by atoms with E-state index >= 15 is 0 Å². The van der Waals surface area contributed by atoms with Crippen molar-refractivity contribution in [1.82, 2.24) is 10.6 Å². The van der Waals surface area contributed by atoms with E-state index in [-0.39, 0.29) is 24.2 Å². The first-order valence-corrected chi connectivity index (χ1v) is 13.7. The van der Waals surface area contributed by atoms with Gasteiger partial charge in [-0.2, -0.15) is 0 Å². The highest BCUT2D eigenvalue weighted by Gasteiger charge is 2.55. The highest BCUT2D eigenvalue weighted by Crippen LogP contribution is 2.61. The number of aryl methyl sites for hydroxylation is 2. The molecule has 0 spiro atoms. The summed E-state index contributed by atoms with van der Waals surface area (Å²) in [7, 11) is 0. The van der Waals surface area contributed by atoms with Gasteiger partial charge in [0.25, 0.3) is 0 Å². The lowest BCUT2D eigenvalue weighted by atomic mass is 9.41. The summed E-state index contributed by atoms with van der Waals surface area (Å²) in [6.07, 6.45) is 4.95. The first-order chi connectivity index (χ1) is 16.3. The van der Waals surface area contributed by atoms with Gasteiger partial charge in [-0.1, -0.05) is 71.9 Å². The van der Waals surface area contributed by atoms with Crippen molar-refractivity contribution in [2.75, 3.05) is 13.2 Å². The minimum Gasteiger partial charge on any atom is -0.434 e. The molecule has 1 aromatic rings. The lowest BCUT2D eigenvalue weighted by Crippen LogP contribution is -2.53. The molecule has 2 saturated heterocycles. The van der Waals surface area contributed by atoms with Gasteiger partial charge in [-0.15, -0.1) is 0 Å². The number of hydrogen-bond acceptors (Lipinski definition) is 3. The van der Waals surface area contributed by atoms with E-state index in [1.807, 2.05) is 0 Å². The summed E-state index contributed by atoms with van der Waals surface area (Å²) in [6, 6.07) is 6.27. The third kappa shape index (κ3) is 6.93. The zero-order valence-corrected chi connectivity index (χ0v) is 23.6. The summed E-state index contributed by atoms with van der Waals surface area (Å²) in [6.45, 7) is 24.1. The second-order valence-corrected chi connectivity index (χ2v) is 13.1. The fourth-order valence-corrected chi connectivity index (χ4v) is 6.73. The number of benzene rings is 1. The Hall–Kier alpha value is -1.75. The van der Waals surface area contributed by atoms with Gasteiger partial charge in [0.2, 0.25) is 5.91 Å². The second-order valence-electron chi connectivity index (χ2n) is 13.1. The number of carbonyl (C=O) groups is 1. The molecule has 1 aliphatic carbocycles. The van der Waals surface area contributed by atoms with Crippen molar-refractivity contribution in [2.45, 2.75) is 93.3 Å². The van der Waals surface area contributed by atoms with Gasteiger partial charge in [0.05, 0.1) is 13.0 Å². The number of hydrogen-bond donors (Lipinski definition) is 2. The van der Waals surface area contributed by atoms with Crippen molar-refractivity contribution in [2.24, 2.45) is 28.6 Å². The molecule has 2 heterocycles. The van der Waals surface area contributed by atoms with Gasteiger partial charge >= 0.3 is 6.92 Å². The summed E-state index contributed by atoms with van der Waals surface area (Å²) >= 11 is 0. The Bertz CT molecular complexity index is 908. The van der Waals surface area contributed by atoms with Crippen LogP contribution < -0.4 is 10.6 Å². The van der Waals surface area contributed by atoms with E-state index < -0.39 is 0 Å². The molecule has 1 amide bonds. The maximum absolute atomic E-state index is 12.6. The van der Waals surface area contributed by atoms with E-state index in [1.54, 1.807) is 0 Å². The Morgan fingerprint density at radius 1 is 1.23 bits per heavy atom. The topological polar surface area (TPSA) is 50.4 Å². The average Bonchev–Trinajstić information content (AvgIpc) is 2.84. The fraction of sp³-hybridized carbons (Fsp3) is 0.700. The van der Waals surface area contributed by atoms with Crippen LogP contribution in [0.4, 0.5) is 0 Å². The monoisotopic (exact) mass is 480 g/mol. The Balaban J connectivity index is 1.62. The zero-order valence-electron chi connectivity index (χ0n) is 23.6. The van der Waals surface area contributed by atoms with Gasteiger partial charge in [0.15, 0.2) is 0 Å². The highest BCUT2D eigenvalue weighted by atomic mass is 16.4. The van der Waals surface area contributed by atoms with Gasteiger partial charge in [-0.05, 0) is 79.1 Å². The van der Waals surface area contributed by atoms with E-state index in [1.165, 1.54) is 12.0 Å². The molecule has 5 heteroatoms. The molecule has 2 aliphatic heterocycles. The minimum atomic E-state index is 0.0314. The first kappa shape index (κ1) is 27.8. The van der Waals surface area contributed by atoms with Crippen LogP contribution >= 0.6 is 0 Å². The molecule has 1 aromatic carbocycles. The molecule has 0 aromatic heterocycles. The fourth-order valence-electron chi connectivity index (χ4n) is 6.73. The third-order valence-corrected chi connectivity index (χ3v) is 8.86. The van der Waals surface area contributed by atoms with Crippen LogP contribution in [0.5, 0.6) is 0 Å². The van der Waals surface area contributed by atoms with Crippen LogP contribution in [-0.2, 0) is 15.9 Å². The van der Waals surface area contributed by atoms with Crippen molar-refractivity contribution in [3.8, 4) is 0 Å². The van der Waals surface area contributed by atoms with Gasteiger partial charge in [0, 0.05) is 18.2 Å². The van der Waals surface area contributed by atoms with E-state index in [0.717, 1.165) is 54.4 Å². The van der Waals surface area contributed by atoms with Crippen LogP contribution in [0.15, 0.2) is 30.5 Å². The Morgan fingerprint density at radius 3 is 2.60 bits per heavy atom. The third-order valence-electron chi connectivity index (χ3n) is 8.86. The Morgan fingerprint density at radius 2 is 1.94 bits per heavy atom. The molecule has 3 atom stereocenters. The molecule has 3 aliphatic rings. The highest BCUT2D eigenvalue weighted by molar-refractivity contribution is 6.54. The predicted octanol–water partition coefficient (Wildman–Crippen LogP) is 6.12. The van der Waals surface area contributed by atoms with E-state index in [2.05, 4.69) is 90.8 Å². The minimum absolute atomic E-state index is 0.0314. The molecule has 1 saturated carbocycles. The molecule has 194 valence electrons. The van der Waals surface area contributed by atoms with Gasteiger partial charge < -0.3 is 15.3 Å². The molecule has 2 N–H and O–H groups in total. The quantitative estimate of drug-likeness (QED) is 0.419. The molecule has 4 nitrogen and oxygen atoms in total. The van der Waals surface area contributed by atoms with Crippen LogP contribution in [0.3, 0.4) is 0 Å². The van der Waals surface area contributed by atoms with E-state index in [4.69, 9.17) is 4.65 Å². The molecule has 2 bridgehead atoms. The molecule has 35 heavy (non-hydrogen) atoms. The summed E-state index contributed by atoms with van der Waals surface area (Å²) in [4.78, 5) is 12.6. The second kappa shape index (κ2) is 11.1. The van der Waals surface area contributed by atoms with Crippen LogP contribution in [0.25, 0.3) is 0 Å². The Labute approximate surface area is 215 Å². The molecule has 3 fully saturated rings. The lowest BCUT2D eigenvalue weighted by molar-refractivity contribution is -0.120. The van der Waals surface area contributed by atoms with Crippen LogP contribution in [0, 0.1) is 42.4 Å². The maximum Gasteiger partial charge on any atom is 0.316 e. The summed E-state index contributed by atoms with van der Waals surface area (Å²) in [5.41, 5.74) is 4.90. The lowest BCUT2D eigenvalue weighted by Gasteiger charge is -2.58. The summed E-state index contributed by atoms with van der Waals surface area (Å²) in [5, 5.41) is 6.75. The van der Waals surface area contributed by atoms with Crippen molar-refractivity contribution in [3.63, 3.8) is 0 Å². The molecule has 3 unspecified atom stereocenters. The van der Waals surface area contributed by atoms with Crippen molar-refractivity contribution in [1.29, 1.82) is 0 Å². The van der Waals surface area contributed by atoms with E-state index in [9.17, 15) is 4.79 Å². The number of fused-ring (bicyclic) bond motifs is 5. The van der Waals surface area contributed by atoms with Crippen LogP contribution in [-0.4, -0.2) is 31.9 Å². The smallest absolute Gasteiger partial charge is 0.316 e. The molecular weight excluding hydrogens is 431 g/mol. The SMILES string of the molecule is C=C(CNC(=O)Cc1cc(C)ccc1C)NC(CC(C)C)B1CC(C)(C)C2CC(CCO1)C2(C)C. The normalized spacial score (nSPS) is 24.0. The van der Waals surface area contributed by atoms with E-state index in [0.29, 0.717) is 24.3 Å². The standard InChI is InChI=1S/C30H49BN2O2/c1-20(2)14-27(31-19-29(6,7)26-17-25(12-13-35-31)30(26,8)9)33-23(5)18-32-28(34)16-24-15-21(3)10-11-22(24)4/h10-11,15,20,25-27,33H,5,12-14,16-19H2,1-4,6-9H3,(H,32,34). The van der Waals surface area contributed by atoms with Gasteiger partial charge in [-0.3, -0.25) is 4.79 Å². The number of nitrogens with one attached hydrogen (secondary N) is 2. The van der Waals surface area contributed by atoms with Gasteiger partial charge in [-0.25, -0.2) is 0 Å². The van der Waals surface area contributed by atoms with Crippen LogP contribution in [0.2, 0.25) is 6.32 Å². The van der Waals surface area contributed by atoms with Gasteiger partial charge in [0.1, 0.15) is 0 Å². The first-order valence-electron chi connectivity index (χ1n) is 13.7. The van der Waals surface area contributed by atoms with Crippen LogP contribution in [0.1, 0.15) is 77.5 Å². The molecule has 0 radical (unpaired) electrons. The van der Waals surface area contributed by atoms with Crippen molar-refractivity contribution >= 4 is 12.8 Å². The summed E-state index contributed by atoms with van der Waals surface area (Å²) < 4.78 is 6.59. The molecule has 4 rings (SSSR count). The van der Waals surface area contributed by atoms with Crippen molar-refractivity contribution < 1.29 is 9.45 Å². The largest absolute Gasteiger partial charge is 0.434 e.